The van der Waals surface area contributed by atoms with Crippen molar-refractivity contribution in [2.75, 3.05) is 25.4 Å². The van der Waals surface area contributed by atoms with Crippen molar-refractivity contribution in [2.45, 2.75) is 30.3 Å². The number of thioether (sulfide) groups is 1. The van der Waals surface area contributed by atoms with Crippen molar-refractivity contribution >= 4 is 29.2 Å². The Bertz CT molecular complexity index is 680. The van der Waals surface area contributed by atoms with Crippen LogP contribution >= 0.6 is 23.1 Å². The van der Waals surface area contributed by atoms with E-state index >= 15 is 0 Å². The van der Waals surface area contributed by atoms with Crippen molar-refractivity contribution in [1.82, 2.24) is 20.4 Å². The first-order chi connectivity index (χ1) is 12.2. The van der Waals surface area contributed by atoms with Crippen LogP contribution in [0, 0.1) is 6.92 Å². The topological polar surface area (TPSA) is 67.4 Å². The van der Waals surface area contributed by atoms with Gasteiger partial charge < -0.3 is 15.0 Å². The van der Waals surface area contributed by atoms with Gasteiger partial charge in [0.2, 0.25) is 0 Å². The van der Waals surface area contributed by atoms with E-state index in [4.69, 9.17) is 4.74 Å². The molecule has 0 radical (unpaired) electrons. The van der Waals surface area contributed by atoms with E-state index in [0.717, 1.165) is 33.6 Å². The van der Waals surface area contributed by atoms with E-state index in [9.17, 15) is 4.79 Å². The summed E-state index contributed by atoms with van der Waals surface area (Å²) in [6.07, 6.45) is 0.744. The van der Waals surface area contributed by atoms with Crippen LogP contribution in [0.1, 0.15) is 17.0 Å². The Morgan fingerprint density at radius 1 is 1.40 bits per heavy atom. The molecule has 0 spiro atoms. The third kappa shape index (κ3) is 5.69. The second-order valence-corrected chi connectivity index (χ2v) is 8.39. The maximum absolute atomic E-state index is 12.3. The number of carbonyl (C=O) groups is 1. The predicted molar refractivity (Wildman–Crippen MR) is 100.0 cm³/mol. The molecule has 134 valence electrons. The number of hydrogen-bond acceptors (Lipinski definition) is 7. The second-order valence-electron chi connectivity index (χ2n) is 5.86. The minimum atomic E-state index is -0.234. The Kier molecular flexibility index (Phi) is 6.66. The van der Waals surface area contributed by atoms with Crippen molar-refractivity contribution in [3.63, 3.8) is 0 Å². The molecule has 1 fully saturated rings. The maximum atomic E-state index is 12.3. The Balaban J connectivity index is 1.40. The van der Waals surface area contributed by atoms with Gasteiger partial charge in [0, 0.05) is 31.4 Å². The van der Waals surface area contributed by atoms with Gasteiger partial charge in [0.05, 0.1) is 0 Å². The van der Waals surface area contributed by atoms with Gasteiger partial charge >= 0.3 is 6.09 Å². The number of piperazine rings is 1. The highest BCUT2D eigenvalue weighted by Gasteiger charge is 2.24. The zero-order valence-electron chi connectivity index (χ0n) is 14.2. The smallest absolute Gasteiger partial charge is 0.410 e. The number of aromatic nitrogens is 2. The fourth-order valence-electron chi connectivity index (χ4n) is 2.62. The quantitative estimate of drug-likeness (QED) is 0.780. The second kappa shape index (κ2) is 9.17. The molecule has 2 aromatic rings. The molecular formula is C17H22N4O2S2. The summed E-state index contributed by atoms with van der Waals surface area (Å²) in [6.45, 7) is 4.45. The van der Waals surface area contributed by atoms with E-state index in [1.54, 1.807) is 28.0 Å². The summed E-state index contributed by atoms with van der Waals surface area (Å²) in [5, 5.41) is 12.6. The van der Waals surface area contributed by atoms with Crippen LogP contribution in [-0.2, 0) is 11.3 Å². The van der Waals surface area contributed by atoms with Crippen LogP contribution in [0.2, 0.25) is 0 Å². The number of rotatable bonds is 6. The third-order valence-corrected chi connectivity index (χ3v) is 5.92. The van der Waals surface area contributed by atoms with E-state index in [0.29, 0.717) is 25.7 Å². The number of nitrogens with one attached hydrogen (secondary N) is 1. The van der Waals surface area contributed by atoms with Crippen LogP contribution in [0.4, 0.5) is 4.79 Å². The van der Waals surface area contributed by atoms with Crippen molar-refractivity contribution in [3.8, 4) is 0 Å². The van der Waals surface area contributed by atoms with Gasteiger partial charge in [-0.25, -0.2) is 4.79 Å². The van der Waals surface area contributed by atoms with Crippen molar-refractivity contribution in [2.24, 2.45) is 0 Å². The SMILES string of the molecule is Cc1nnc(SCC[C@@H]2CN(C(=O)OCc3ccccc3)CCN2)s1. The highest BCUT2D eigenvalue weighted by molar-refractivity contribution is 8.01. The van der Waals surface area contributed by atoms with Crippen LogP contribution in [0.25, 0.3) is 0 Å². The molecule has 3 rings (SSSR count). The molecular weight excluding hydrogens is 356 g/mol. The zero-order chi connectivity index (χ0) is 17.5. The number of benzene rings is 1. The van der Waals surface area contributed by atoms with Gasteiger partial charge in [-0.05, 0) is 18.9 Å². The lowest BCUT2D eigenvalue weighted by atomic mass is 10.2. The van der Waals surface area contributed by atoms with E-state index in [1.807, 2.05) is 37.3 Å². The van der Waals surface area contributed by atoms with E-state index in [-0.39, 0.29) is 6.09 Å². The van der Waals surface area contributed by atoms with Gasteiger partial charge in [0.15, 0.2) is 4.34 Å². The molecule has 1 aliphatic rings. The molecule has 2 heterocycles. The van der Waals surface area contributed by atoms with Crippen LogP contribution in [0.15, 0.2) is 34.7 Å². The molecule has 1 aromatic heterocycles. The number of nitrogens with zero attached hydrogens (tertiary/aromatic N) is 3. The minimum absolute atomic E-state index is 0.234. The largest absolute Gasteiger partial charge is 0.445 e. The monoisotopic (exact) mass is 378 g/mol. The molecule has 8 heteroatoms. The lowest BCUT2D eigenvalue weighted by Gasteiger charge is -2.33. The standard InChI is InChI=1S/C17H22N4O2S2/c1-13-19-20-16(25-13)24-10-7-15-11-21(9-8-18-15)17(22)23-12-14-5-3-2-4-6-14/h2-6,15,18H,7-12H2,1H3/t15-/m1/s1. The number of carbonyl (C=O) groups excluding carboxylic acids is 1. The number of aryl methyl sites for hydroxylation is 1. The molecule has 1 aliphatic heterocycles. The van der Waals surface area contributed by atoms with Gasteiger partial charge in [0.25, 0.3) is 0 Å². The molecule has 0 saturated carbocycles. The Morgan fingerprint density at radius 3 is 3.00 bits per heavy atom. The molecule has 25 heavy (non-hydrogen) atoms. The Labute approximate surface area is 156 Å². The van der Waals surface area contributed by atoms with E-state index in [2.05, 4.69) is 15.5 Å². The lowest BCUT2D eigenvalue weighted by molar-refractivity contribution is 0.0847. The van der Waals surface area contributed by atoms with E-state index in [1.165, 1.54) is 0 Å². The van der Waals surface area contributed by atoms with Gasteiger partial charge in [-0.2, -0.15) is 0 Å². The van der Waals surface area contributed by atoms with Gasteiger partial charge in [0.1, 0.15) is 11.6 Å². The molecule has 1 amide bonds. The van der Waals surface area contributed by atoms with Crippen molar-refractivity contribution < 1.29 is 9.53 Å². The normalized spacial score (nSPS) is 17.5. The summed E-state index contributed by atoms with van der Waals surface area (Å²) in [5.74, 6) is 0.958. The van der Waals surface area contributed by atoms with Crippen molar-refractivity contribution in [1.29, 1.82) is 0 Å². The fraction of sp³-hybridized carbons (Fsp3) is 0.471. The number of hydrogen-bond donors (Lipinski definition) is 1. The van der Waals surface area contributed by atoms with E-state index < -0.39 is 0 Å². The summed E-state index contributed by atoms with van der Waals surface area (Å²) in [6, 6.07) is 10.1. The highest BCUT2D eigenvalue weighted by atomic mass is 32.2. The lowest BCUT2D eigenvalue weighted by Crippen LogP contribution is -2.52. The maximum Gasteiger partial charge on any atom is 0.410 e. The summed E-state index contributed by atoms with van der Waals surface area (Å²) in [5.41, 5.74) is 1.01. The Morgan fingerprint density at radius 2 is 2.24 bits per heavy atom. The first-order valence-electron chi connectivity index (χ1n) is 8.32. The highest BCUT2D eigenvalue weighted by Crippen LogP contribution is 2.23. The zero-order valence-corrected chi connectivity index (χ0v) is 15.8. The van der Waals surface area contributed by atoms with Crippen LogP contribution in [-0.4, -0.2) is 52.6 Å². The molecule has 0 bridgehead atoms. The summed E-state index contributed by atoms with van der Waals surface area (Å²) in [7, 11) is 0. The van der Waals surface area contributed by atoms with Gasteiger partial charge in [-0.1, -0.05) is 53.4 Å². The van der Waals surface area contributed by atoms with Gasteiger partial charge in [-0.15, -0.1) is 10.2 Å². The average molecular weight is 379 g/mol. The molecule has 1 saturated heterocycles. The first kappa shape index (κ1) is 18.2. The Hall–Kier alpha value is -1.64. The average Bonchev–Trinajstić information content (AvgIpc) is 3.06. The fourth-order valence-corrected chi connectivity index (χ4v) is 4.56. The van der Waals surface area contributed by atoms with Gasteiger partial charge in [-0.3, -0.25) is 0 Å². The summed E-state index contributed by atoms with van der Waals surface area (Å²) in [4.78, 5) is 14.1. The van der Waals surface area contributed by atoms with Crippen molar-refractivity contribution in [3.05, 3.63) is 40.9 Å². The minimum Gasteiger partial charge on any atom is -0.445 e. The summed E-state index contributed by atoms with van der Waals surface area (Å²) < 4.78 is 6.44. The molecule has 1 atom stereocenters. The molecule has 0 unspecified atom stereocenters. The van der Waals surface area contributed by atoms with Crippen LogP contribution in [0.5, 0.6) is 0 Å². The van der Waals surface area contributed by atoms with Crippen LogP contribution in [0.3, 0.4) is 0 Å². The third-order valence-electron chi connectivity index (χ3n) is 3.92. The summed E-state index contributed by atoms with van der Waals surface area (Å²) >= 11 is 3.34. The number of ether oxygens (including phenoxy) is 1. The molecule has 1 aromatic carbocycles. The molecule has 6 nitrogen and oxygen atoms in total. The number of amides is 1. The first-order valence-corrected chi connectivity index (χ1v) is 10.1. The predicted octanol–water partition coefficient (Wildman–Crippen LogP) is 2.94. The molecule has 1 N–H and O–H groups in total. The van der Waals surface area contributed by atoms with Crippen LogP contribution < -0.4 is 5.32 Å². The molecule has 0 aliphatic carbocycles.